The average Bonchev–Trinajstić information content (AvgIpc) is 2.97. The highest BCUT2D eigenvalue weighted by molar-refractivity contribution is 5.90. The van der Waals surface area contributed by atoms with Gasteiger partial charge in [-0.15, -0.1) is 0 Å². The number of hydroxylamine groups is 1. The lowest BCUT2D eigenvalue weighted by molar-refractivity contribution is -0.253. The first-order chi connectivity index (χ1) is 19.0. The van der Waals surface area contributed by atoms with E-state index in [1.165, 1.54) is 19.3 Å². The summed E-state index contributed by atoms with van der Waals surface area (Å²) in [6.07, 6.45) is 6.57. The Hall–Kier alpha value is -2.82. The van der Waals surface area contributed by atoms with Crippen LogP contribution in [0.5, 0.6) is 0 Å². The van der Waals surface area contributed by atoms with Crippen molar-refractivity contribution in [3.63, 3.8) is 0 Å². The van der Waals surface area contributed by atoms with Crippen molar-refractivity contribution >= 4 is 17.5 Å². The fourth-order valence-electron chi connectivity index (χ4n) is 5.21. The SMILES string of the molecule is O=C(CCCCCC(=O)Nc1ccc([C@@H]2O[C@H](CN3CCCCC3)C[C@H](c3ccc(CO)cc3)O2)cc1)NO. The van der Waals surface area contributed by atoms with E-state index in [1.807, 2.05) is 48.5 Å². The highest BCUT2D eigenvalue weighted by atomic mass is 16.7. The van der Waals surface area contributed by atoms with Gasteiger partial charge < -0.3 is 24.8 Å². The molecule has 0 saturated carbocycles. The topological polar surface area (TPSA) is 120 Å². The number of piperidine rings is 1. The van der Waals surface area contributed by atoms with Crippen LogP contribution in [0.15, 0.2) is 48.5 Å². The molecule has 4 N–H and O–H groups in total. The van der Waals surface area contributed by atoms with Crippen LogP contribution in [0.4, 0.5) is 5.69 Å². The van der Waals surface area contributed by atoms with Crippen LogP contribution in [-0.4, -0.2) is 52.8 Å². The van der Waals surface area contributed by atoms with Crippen LogP contribution in [0.2, 0.25) is 0 Å². The molecule has 4 rings (SSSR count). The van der Waals surface area contributed by atoms with Gasteiger partial charge in [0.1, 0.15) is 0 Å². The number of benzene rings is 2. The van der Waals surface area contributed by atoms with Crippen LogP contribution in [0.3, 0.4) is 0 Å². The van der Waals surface area contributed by atoms with Crippen LogP contribution >= 0.6 is 0 Å². The molecule has 2 heterocycles. The molecule has 3 atom stereocenters. The van der Waals surface area contributed by atoms with Crippen molar-refractivity contribution in [3.8, 4) is 0 Å². The van der Waals surface area contributed by atoms with E-state index < -0.39 is 12.2 Å². The number of hydrogen-bond donors (Lipinski definition) is 4. The van der Waals surface area contributed by atoms with Crippen molar-refractivity contribution in [1.29, 1.82) is 0 Å². The molecule has 9 nitrogen and oxygen atoms in total. The summed E-state index contributed by atoms with van der Waals surface area (Å²) >= 11 is 0. The smallest absolute Gasteiger partial charge is 0.243 e. The van der Waals surface area contributed by atoms with Gasteiger partial charge in [0.05, 0.1) is 18.8 Å². The van der Waals surface area contributed by atoms with Crippen LogP contribution in [0.1, 0.15) is 86.9 Å². The lowest BCUT2D eigenvalue weighted by Crippen LogP contribution is -2.41. The Morgan fingerprint density at radius 3 is 2.18 bits per heavy atom. The number of rotatable bonds is 12. The molecule has 0 bridgehead atoms. The highest BCUT2D eigenvalue weighted by Crippen LogP contribution is 2.38. The maximum Gasteiger partial charge on any atom is 0.243 e. The Bertz CT molecular complexity index is 1040. The Morgan fingerprint density at radius 1 is 0.846 bits per heavy atom. The van der Waals surface area contributed by atoms with Crippen LogP contribution < -0.4 is 10.8 Å². The largest absolute Gasteiger partial charge is 0.392 e. The van der Waals surface area contributed by atoms with Gasteiger partial charge in [-0.25, -0.2) is 5.48 Å². The number of aliphatic hydroxyl groups excluding tert-OH is 1. The minimum atomic E-state index is -0.517. The summed E-state index contributed by atoms with van der Waals surface area (Å²) in [5.74, 6) is -0.485. The number of unbranched alkanes of at least 4 members (excludes halogenated alkanes) is 2. The number of hydrogen-bond acceptors (Lipinski definition) is 7. The number of ether oxygens (including phenoxy) is 2. The molecule has 2 aliphatic heterocycles. The number of nitrogens with zero attached hydrogens (tertiary/aromatic N) is 1. The van der Waals surface area contributed by atoms with Crippen molar-refractivity contribution in [2.45, 2.75) is 82.9 Å². The molecular weight excluding hydrogens is 498 g/mol. The Labute approximate surface area is 230 Å². The van der Waals surface area contributed by atoms with Gasteiger partial charge in [-0.1, -0.05) is 49.2 Å². The number of likely N-dealkylation sites (tertiary alicyclic amines) is 1. The monoisotopic (exact) mass is 539 g/mol. The first-order valence-corrected chi connectivity index (χ1v) is 14.1. The molecular formula is C30H41N3O6. The third-order valence-electron chi connectivity index (χ3n) is 7.42. The summed E-state index contributed by atoms with van der Waals surface area (Å²) in [5.41, 5.74) is 5.17. The van der Waals surface area contributed by atoms with Gasteiger partial charge in [-0.2, -0.15) is 0 Å². The van der Waals surface area contributed by atoms with Crippen molar-refractivity contribution in [3.05, 3.63) is 65.2 Å². The van der Waals surface area contributed by atoms with E-state index in [1.54, 1.807) is 5.48 Å². The molecule has 9 heteroatoms. The second-order valence-electron chi connectivity index (χ2n) is 10.5. The zero-order chi connectivity index (χ0) is 27.5. The van der Waals surface area contributed by atoms with E-state index in [0.29, 0.717) is 24.9 Å². The molecule has 2 aromatic carbocycles. The summed E-state index contributed by atoms with van der Waals surface area (Å²) in [4.78, 5) is 25.9. The zero-order valence-corrected chi connectivity index (χ0v) is 22.5. The minimum Gasteiger partial charge on any atom is -0.392 e. The van der Waals surface area contributed by atoms with E-state index in [9.17, 15) is 14.7 Å². The van der Waals surface area contributed by atoms with Gasteiger partial charge in [0, 0.05) is 37.1 Å². The molecule has 212 valence electrons. The molecule has 2 saturated heterocycles. The first-order valence-electron chi connectivity index (χ1n) is 14.1. The second kappa shape index (κ2) is 15.1. The fourth-order valence-corrected chi connectivity index (χ4v) is 5.21. The lowest BCUT2D eigenvalue weighted by Gasteiger charge is -2.39. The molecule has 2 fully saturated rings. The molecule has 0 unspecified atom stereocenters. The second-order valence-corrected chi connectivity index (χ2v) is 10.5. The van der Waals surface area contributed by atoms with Crippen molar-refractivity contribution in [2.24, 2.45) is 0 Å². The lowest BCUT2D eigenvalue weighted by atomic mass is 9.99. The fraction of sp³-hybridized carbons (Fsp3) is 0.533. The molecule has 0 aliphatic carbocycles. The number of aliphatic hydroxyl groups is 1. The Kier molecular flexibility index (Phi) is 11.3. The molecule has 0 radical (unpaired) electrons. The zero-order valence-electron chi connectivity index (χ0n) is 22.5. The van der Waals surface area contributed by atoms with E-state index in [4.69, 9.17) is 14.7 Å². The summed E-state index contributed by atoms with van der Waals surface area (Å²) in [6, 6.07) is 15.5. The van der Waals surface area contributed by atoms with E-state index in [0.717, 1.165) is 49.2 Å². The summed E-state index contributed by atoms with van der Waals surface area (Å²) < 4.78 is 12.9. The summed E-state index contributed by atoms with van der Waals surface area (Å²) in [6.45, 7) is 3.10. The third-order valence-corrected chi connectivity index (χ3v) is 7.42. The standard InChI is InChI=1S/C30H41N3O6/c34-21-22-9-11-23(12-10-22)27-19-26(20-33-17-5-2-6-18-33)38-30(39-27)24-13-15-25(16-14-24)31-28(35)7-3-1-4-8-29(36)32-37/h9-16,26-27,30,34,37H,1-8,17-21H2,(H,31,35)(H,32,36)/t26-,27+,30+/m0/s1. The maximum atomic E-state index is 12.3. The number of anilines is 1. The van der Waals surface area contributed by atoms with Crippen molar-refractivity contribution in [2.75, 3.05) is 25.0 Å². The normalized spacial score (nSPS) is 21.8. The van der Waals surface area contributed by atoms with E-state index in [2.05, 4.69) is 10.2 Å². The molecule has 2 amide bonds. The third kappa shape index (κ3) is 9.12. The quantitative estimate of drug-likeness (QED) is 0.177. The van der Waals surface area contributed by atoms with Crippen molar-refractivity contribution in [1.82, 2.24) is 10.4 Å². The summed E-state index contributed by atoms with van der Waals surface area (Å²) in [5, 5.41) is 20.9. The molecule has 0 spiro atoms. The number of carbonyl (C=O) groups is 2. The van der Waals surface area contributed by atoms with Crippen molar-refractivity contribution < 1.29 is 29.4 Å². The summed E-state index contributed by atoms with van der Waals surface area (Å²) in [7, 11) is 0. The molecule has 0 aromatic heterocycles. The average molecular weight is 540 g/mol. The minimum absolute atomic E-state index is 0.0152. The first kappa shape index (κ1) is 29.2. The maximum absolute atomic E-state index is 12.3. The van der Waals surface area contributed by atoms with Gasteiger partial charge in [0.15, 0.2) is 6.29 Å². The highest BCUT2D eigenvalue weighted by Gasteiger charge is 2.33. The predicted molar refractivity (Wildman–Crippen MR) is 147 cm³/mol. The van der Waals surface area contributed by atoms with E-state index in [-0.39, 0.29) is 31.1 Å². The number of nitrogens with one attached hydrogen (secondary N) is 2. The van der Waals surface area contributed by atoms with Gasteiger partial charge in [-0.05, 0) is 62.0 Å². The van der Waals surface area contributed by atoms with Gasteiger partial charge in [0.25, 0.3) is 0 Å². The van der Waals surface area contributed by atoms with Gasteiger partial charge in [0.2, 0.25) is 11.8 Å². The molecule has 39 heavy (non-hydrogen) atoms. The Morgan fingerprint density at radius 2 is 1.51 bits per heavy atom. The number of amides is 2. The van der Waals surface area contributed by atoms with Gasteiger partial charge >= 0.3 is 0 Å². The predicted octanol–water partition coefficient (Wildman–Crippen LogP) is 4.60. The number of carbonyl (C=O) groups excluding carboxylic acids is 2. The van der Waals surface area contributed by atoms with Gasteiger partial charge in [-0.3, -0.25) is 14.8 Å². The van der Waals surface area contributed by atoms with E-state index >= 15 is 0 Å². The van der Waals surface area contributed by atoms with Crippen LogP contribution in [0, 0.1) is 0 Å². The molecule has 2 aliphatic rings. The van der Waals surface area contributed by atoms with Crippen LogP contribution in [-0.2, 0) is 25.7 Å². The van der Waals surface area contributed by atoms with Crippen LogP contribution in [0.25, 0.3) is 0 Å². The Balaban J connectivity index is 1.35. The molecule has 2 aromatic rings.